The average Bonchev–Trinajstić information content (AvgIpc) is 2.94. The molecule has 0 amide bonds. The van der Waals surface area contributed by atoms with E-state index in [1.807, 2.05) is 0 Å². The van der Waals surface area contributed by atoms with E-state index in [0.29, 0.717) is 22.5 Å². The molecular weight excluding hydrogens is 332 g/mol. The minimum Gasteiger partial charge on any atom is -0.438 e. The van der Waals surface area contributed by atoms with E-state index in [1.54, 1.807) is 24.3 Å². The lowest BCUT2D eigenvalue weighted by atomic mass is 10.2. The fourth-order valence-corrected chi connectivity index (χ4v) is 2.51. The van der Waals surface area contributed by atoms with Gasteiger partial charge in [0.25, 0.3) is 0 Å². The molecule has 0 aliphatic heterocycles. The first-order valence-electron chi connectivity index (χ1n) is 6.35. The van der Waals surface area contributed by atoms with Crippen LogP contribution in [0.2, 0.25) is 0 Å². The van der Waals surface area contributed by atoms with Gasteiger partial charge < -0.3 is 4.74 Å². The Bertz CT molecular complexity index is 815. The number of ether oxygens (including phenoxy) is 1. The summed E-state index contributed by atoms with van der Waals surface area (Å²) in [5.74, 6) is 0.330. The first kappa shape index (κ1) is 15.4. The van der Waals surface area contributed by atoms with Crippen LogP contribution in [-0.4, -0.2) is 9.97 Å². The topological polar surface area (TPSA) is 35.0 Å². The van der Waals surface area contributed by atoms with Crippen molar-refractivity contribution in [3.63, 3.8) is 0 Å². The van der Waals surface area contributed by atoms with Crippen LogP contribution in [0.5, 0.6) is 11.6 Å². The van der Waals surface area contributed by atoms with Gasteiger partial charge in [-0.3, -0.25) is 0 Å². The fourth-order valence-electron chi connectivity index (χ4n) is 1.83. The predicted octanol–water partition coefficient (Wildman–Crippen LogP) is 5.16. The molecule has 0 atom stereocenters. The summed E-state index contributed by atoms with van der Waals surface area (Å²) >= 11 is 0.844. The van der Waals surface area contributed by atoms with Crippen LogP contribution in [0, 0.1) is 5.13 Å². The Morgan fingerprint density at radius 3 is 2.35 bits per heavy atom. The second kappa shape index (κ2) is 5.96. The van der Waals surface area contributed by atoms with Crippen molar-refractivity contribution < 1.29 is 22.3 Å². The van der Waals surface area contributed by atoms with Gasteiger partial charge in [-0.05, 0) is 18.2 Å². The fraction of sp³-hybridized carbons (Fsp3) is 0.0667. The molecule has 0 bridgehead atoms. The molecule has 1 aromatic carbocycles. The van der Waals surface area contributed by atoms with Crippen LogP contribution in [0.25, 0.3) is 10.6 Å². The number of hydrogen-bond donors (Lipinski definition) is 0. The molecule has 2 heterocycles. The lowest BCUT2D eigenvalue weighted by molar-refractivity contribution is -0.137. The maximum Gasteiger partial charge on any atom is 0.417 e. The minimum absolute atomic E-state index is 0.00229. The monoisotopic (exact) mass is 340 g/mol. The van der Waals surface area contributed by atoms with Crippen molar-refractivity contribution in [3.05, 3.63) is 59.5 Å². The second-order valence-electron chi connectivity index (χ2n) is 4.45. The van der Waals surface area contributed by atoms with E-state index in [2.05, 4.69) is 9.97 Å². The van der Waals surface area contributed by atoms with Gasteiger partial charge in [0.2, 0.25) is 5.88 Å². The van der Waals surface area contributed by atoms with E-state index in [0.717, 1.165) is 29.7 Å². The number of pyridine rings is 1. The van der Waals surface area contributed by atoms with Gasteiger partial charge in [-0.1, -0.05) is 23.5 Å². The molecule has 8 heteroatoms. The van der Waals surface area contributed by atoms with Crippen LogP contribution in [0.3, 0.4) is 0 Å². The number of halogens is 4. The highest BCUT2D eigenvalue weighted by Gasteiger charge is 2.30. The third kappa shape index (κ3) is 3.48. The molecule has 0 N–H and O–H groups in total. The van der Waals surface area contributed by atoms with Gasteiger partial charge in [0, 0.05) is 12.3 Å². The summed E-state index contributed by atoms with van der Waals surface area (Å²) in [7, 11) is 0. The maximum absolute atomic E-state index is 13.1. The van der Waals surface area contributed by atoms with Crippen LogP contribution in [0.4, 0.5) is 17.6 Å². The molecule has 3 aromatic rings. The Balaban J connectivity index is 1.89. The largest absolute Gasteiger partial charge is 0.438 e. The Labute approximate surface area is 132 Å². The highest BCUT2D eigenvalue weighted by atomic mass is 32.1. The quantitative estimate of drug-likeness (QED) is 0.618. The maximum atomic E-state index is 13.1. The number of alkyl halides is 3. The zero-order valence-electron chi connectivity index (χ0n) is 11.3. The summed E-state index contributed by atoms with van der Waals surface area (Å²) in [6.45, 7) is 0. The zero-order valence-corrected chi connectivity index (χ0v) is 12.2. The summed E-state index contributed by atoms with van der Waals surface area (Å²) in [5, 5.41) is -0.0348. The van der Waals surface area contributed by atoms with Gasteiger partial charge in [-0.15, -0.1) is 0 Å². The molecule has 0 saturated heterocycles. The van der Waals surface area contributed by atoms with Crippen molar-refractivity contribution in [2.24, 2.45) is 0 Å². The summed E-state index contributed by atoms with van der Waals surface area (Å²) in [6.07, 6.45) is -2.67. The Morgan fingerprint density at radius 1 is 0.957 bits per heavy atom. The normalized spacial score (nSPS) is 11.5. The number of hydrogen-bond acceptors (Lipinski definition) is 4. The van der Waals surface area contributed by atoms with E-state index in [4.69, 9.17) is 4.74 Å². The van der Waals surface area contributed by atoms with E-state index in [9.17, 15) is 17.6 Å². The first-order chi connectivity index (χ1) is 10.9. The number of rotatable bonds is 3. The molecule has 0 aliphatic carbocycles. The van der Waals surface area contributed by atoms with Crippen LogP contribution in [0.15, 0.2) is 48.8 Å². The third-order valence-corrected chi connectivity index (χ3v) is 3.69. The standard InChI is InChI=1S/C15H8F4N2OS/c16-12-8-21-14(23-12)10-3-1-2-4-11(10)22-13-6-5-9(7-20-13)15(17,18)19/h1-8H. The molecule has 0 unspecified atom stereocenters. The molecule has 3 nitrogen and oxygen atoms in total. The Morgan fingerprint density at radius 2 is 1.74 bits per heavy atom. The summed E-state index contributed by atoms with van der Waals surface area (Å²) < 4.78 is 56.2. The van der Waals surface area contributed by atoms with Gasteiger partial charge in [0.1, 0.15) is 10.8 Å². The number of thiazole rings is 1. The van der Waals surface area contributed by atoms with E-state index >= 15 is 0 Å². The zero-order chi connectivity index (χ0) is 16.4. The molecule has 2 aromatic heterocycles. The van der Waals surface area contributed by atoms with Crippen molar-refractivity contribution in [2.75, 3.05) is 0 Å². The average molecular weight is 340 g/mol. The SMILES string of the molecule is Fc1cnc(-c2ccccc2Oc2ccc(C(F)(F)F)cn2)s1. The Kier molecular flexibility index (Phi) is 3.99. The number of para-hydroxylation sites is 1. The van der Waals surface area contributed by atoms with Gasteiger partial charge >= 0.3 is 6.18 Å². The van der Waals surface area contributed by atoms with E-state index in [1.165, 1.54) is 0 Å². The summed E-state index contributed by atoms with van der Waals surface area (Å²) in [4.78, 5) is 7.58. The smallest absolute Gasteiger partial charge is 0.417 e. The van der Waals surface area contributed by atoms with Gasteiger partial charge in [0.15, 0.2) is 5.13 Å². The highest BCUT2D eigenvalue weighted by molar-refractivity contribution is 7.13. The first-order valence-corrected chi connectivity index (χ1v) is 7.17. The van der Waals surface area contributed by atoms with E-state index < -0.39 is 16.9 Å². The molecule has 0 spiro atoms. The third-order valence-electron chi connectivity index (χ3n) is 2.87. The van der Waals surface area contributed by atoms with Crippen LogP contribution in [-0.2, 0) is 6.18 Å². The molecule has 23 heavy (non-hydrogen) atoms. The summed E-state index contributed by atoms with van der Waals surface area (Å²) in [5.41, 5.74) is -0.330. The van der Waals surface area contributed by atoms with Gasteiger partial charge in [-0.2, -0.15) is 17.6 Å². The molecule has 0 radical (unpaired) electrons. The van der Waals surface area contributed by atoms with Crippen LogP contribution in [0.1, 0.15) is 5.56 Å². The predicted molar refractivity (Wildman–Crippen MR) is 76.8 cm³/mol. The lowest BCUT2D eigenvalue weighted by Gasteiger charge is -2.10. The number of aromatic nitrogens is 2. The number of nitrogens with zero attached hydrogens (tertiary/aromatic N) is 2. The van der Waals surface area contributed by atoms with Gasteiger partial charge in [0.05, 0.1) is 17.3 Å². The molecule has 118 valence electrons. The van der Waals surface area contributed by atoms with Crippen LogP contribution < -0.4 is 4.74 Å². The molecule has 0 saturated carbocycles. The second-order valence-corrected chi connectivity index (χ2v) is 5.43. The van der Waals surface area contributed by atoms with Crippen molar-refractivity contribution in [1.82, 2.24) is 9.97 Å². The summed E-state index contributed by atoms with van der Waals surface area (Å²) in [6, 6.07) is 8.70. The molecule has 3 rings (SSSR count). The van der Waals surface area contributed by atoms with Crippen molar-refractivity contribution in [2.45, 2.75) is 6.18 Å². The molecular formula is C15H8F4N2OS. The highest BCUT2D eigenvalue weighted by Crippen LogP contribution is 2.35. The Hall–Kier alpha value is -2.48. The van der Waals surface area contributed by atoms with Crippen molar-refractivity contribution >= 4 is 11.3 Å². The minimum atomic E-state index is -4.46. The van der Waals surface area contributed by atoms with Crippen molar-refractivity contribution in [1.29, 1.82) is 0 Å². The van der Waals surface area contributed by atoms with Gasteiger partial charge in [-0.25, -0.2) is 9.97 Å². The number of benzene rings is 1. The lowest BCUT2D eigenvalue weighted by Crippen LogP contribution is -2.05. The molecule has 0 aliphatic rings. The van der Waals surface area contributed by atoms with Crippen LogP contribution >= 0.6 is 11.3 Å². The molecule has 0 fully saturated rings. The van der Waals surface area contributed by atoms with Crippen molar-refractivity contribution in [3.8, 4) is 22.2 Å². The van der Waals surface area contributed by atoms with E-state index in [-0.39, 0.29) is 5.88 Å².